The molecule has 0 aliphatic heterocycles. The van der Waals surface area contributed by atoms with E-state index in [9.17, 15) is 13.2 Å². The molecule has 16 heavy (non-hydrogen) atoms. The van der Waals surface area contributed by atoms with Crippen LogP contribution in [-0.2, 0) is 0 Å². The van der Waals surface area contributed by atoms with Crippen LogP contribution in [0.3, 0.4) is 0 Å². The van der Waals surface area contributed by atoms with E-state index in [2.05, 4.69) is 25.9 Å². The van der Waals surface area contributed by atoms with E-state index in [0.717, 1.165) is 0 Å². The molecule has 0 atom stereocenters. The highest BCUT2D eigenvalue weighted by molar-refractivity contribution is 9.10. The molecule has 3 nitrogen and oxygen atoms in total. The third-order valence-electron chi connectivity index (χ3n) is 1.91. The second-order valence-corrected chi connectivity index (χ2v) is 4.20. The summed E-state index contributed by atoms with van der Waals surface area (Å²) in [7, 11) is 1.57. The maximum Gasteiger partial charge on any atom is 0.390 e. The van der Waals surface area contributed by atoms with Crippen LogP contribution in [0, 0.1) is 6.92 Å². The summed E-state index contributed by atoms with van der Waals surface area (Å²) in [6.45, 7) is 1.57. The van der Waals surface area contributed by atoms with Crippen LogP contribution in [0.4, 0.5) is 19.0 Å². The summed E-state index contributed by atoms with van der Waals surface area (Å²) in [4.78, 5) is 9.49. The van der Waals surface area contributed by atoms with Gasteiger partial charge in [0.25, 0.3) is 0 Å². The predicted octanol–water partition coefficient (Wildman–Crippen LogP) is 2.94. The Morgan fingerprint density at radius 1 is 1.38 bits per heavy atom. The monoisotopic (exact) mass is 297 g/mol. The van der Waals surface area contributed by atoms with Gasteiger partial charge in [-0.15, -0.1) is 0 Å². The first kappa shape index (κ1) is 13.2. The molecule has 0 radical (unpaired) electrons. The summed E-state index contributed by atoms with van der Waals surface area (Å²) >= 11 is 3.17. The maximum atomic E-state index is 12.0. The molecule has 1 heterocycles. The average molecular weight is 298 g/mol. The minimum absolute atomic E-state index is 0.119. The van der Waals surface area contributed by atoms with Crippen LogP contribution in [0.25, 0.3) is 0 Å². The fourth-order valence-corrected chi connectivity index (χ4v) is 1.58. The van der Waals surface area contributed by atoms with E-state index in [0.29, 0.717) is 16.2 Å². The minimum atomic E-state index is -4.15. The van der Waals surface area contributed by atoms with Crippen molar-refractivity contribution in [2.75, 3.05) is 18.5 Å². The first-order valence-corrected chi connectivity index (χ1v) is 5.36. The number of rotatable bonds is 3. The highest BCUT2D eigenvalue weighted by Crippen LogP contribution is 2.21. The van der Waals surface area contributed by atoms with Crippen LogP contribution in [0.5, 0.6) is 0 Å². The third kappa shape index (κ3) is 4.34. The topological polar surface area (TPSA) is 29.0 Å². The first-order valence-electron chi connectivity index (χ1n) is 4.57. The van der Waals surface area contributed by atoms with Crippen LogP contribution in [0.2, 0.25) is 0 Å². The van der Waals surface area contributed by atoms with Crippen LogP contribution < -0.4 is 4.90 Å². The van der Waals surface area contributed by atoms with Crippen molar-refractivity contribution < 1.29 is 13.2 Å². The van der Waals surface area contributed by atoms with E-state index in [1.807, 2.05) is 0 Å². The smallest absolute Gasteiger partial charge is 0.359 e. The lowest BCUT2D eigenvalue weighted by Gasteiger charge is -2.19. The largest absolute Gasteiger partial charge is 0.390 e. The second-order valence-electron chi connectivity index (χ2n) is 3.38. The standard InChI is InChI=1S/C9H11BrF3N3/c1-6-14-7(10)5-8(15-6)16(2)4-3-9(11,12)13/h5H,3-4H2,1-2H3. The molecule has 0 spiro atoms. The Labute approximate surface area is 99.8 Å². The second kappa shape index (κ2) is 4.99. The fraction of sp³-hybridized carbons (Fsp3) is 0.556. The van der Waals surface area contributed by atoms with E-state index in [1.54, 1.807) is 20.0 Å². The molecule has 0 aromatic carbocycles. The van der Waals surface area contributed by atoms with Gasteiger partial charge in [-0.3, -0.25) is 0 Å². The molecular weight excluding hydrogens is 287 g/mol. The van der Waals surface area contributed by atoms with Crippen molar-refractivity contribution in [1.82, 2.24) is 9.97 Å². The molecule has 0 saturated carbocycles. The Kier molecular flexibility index (Phi) is 4.12. The molecule has 90 valence electrons. The summed E-state index contributed by atoms with van der Waals surface area (Å²) in [5.41, 5.74) is 0. The Hall–Kier alpha value is -0.850. The molecule has 0 bridgehead atoms. The van der Waals surface area contributed by atoms with Crippen LogP contribution >= 0.6 is 15.9 Å². The first-order chi connectivity index (χ1) is 7.28. The molecule has 1 aromatic rings. The van der Waals surface area contributed by atoms with Gasteiger partial charge < -0.3 is 4.90 Å². The zero-order valence-corrected chi connectivity index (χ0v) is 10.4. The highest BCUT2D eigenvalue weighted by Gasteiger charge is 2.27. The van der Waals surface area contributed by atoms with Crippen LogP contribution in [-0.4, -0.2) is 29.7 Å². The van der Waals surface area contributed by atoms with Gasteiger partial charge in [0.2, 0.25) is 0 Å². The summed E-state index contributed by atoms with van der Waals surface area (Å²) in [5, 5.41) is 0. The zero-order chi connectivity index (χ0) is 12.3. The molecule has 7 heteroatoms. The van der Waals surface area contributed by atoms with Gasteiger partial charge in [-0.25, -0.2) is 9.97 Å². The number of alkyl halides is 3. The molecular formula is C9H11BrF3N3. The number of nitrogens with zero attached hydrogens (tertiary/aromatic N) is 3. The van der Waals surface area contributed by atoms with Gasteiger partial charge in [0.1, 0.15) is 16.2 Å². The third-order valence-corrected chi connectivity index (χ3v) is 2.32. The molecule has 0 aliphatic rings. The fourth-order valence-electron chi connectivity index (χ4n) is 1.12. The lowest BCUT2D eigenvalue weighted by atomic mass is 10.4. The lowest BCUT2D eigenvalue weighted by molar-refractivity contribution is -0.132. The van der Waals surface area contributed by atoms with Crippen LogP contribution in [0.15, 0.2) is 10.7 Å². The minimum Gasteiger partial charge on any atom is -0.359 e. The quantitative estimate of drug-likeness (QED) is 0.803. The number of hydrogen-bond donors (Lipinski definition) is 0. The van der Waals surface area contributed by atoms with Gasteiger partial charge >= 0.3 is 6.18 Å². The summed E-state index contributed by atoms with van der Waals surface area (Å²) in [5.74, 6) is 0.992. The molecule has 0 fully saturated rings. The highest BCUT2D eigenvalue weighted by atomic mass is 79.9. The molecule has 0 saturated heterocycles. The van der Waals surface area contributed by atoms with Crippen LogP contribution in [0.1, 0.15) is 12.2 Å². The van der Waals surface area contributed by atoms with Crippen molar-refractivity contribution in [3.8, 4) is 0 Å². The van der Waals surface area contributed by atoms with E-state index < -0.39 is 12.6 Å². The maximum absolute atomic E-state index is 12.0. The molecule has 1 rings (SSSR count). The number of hydrogen-bond acceptors (Lipinski definition) is 3. The Balaban J connectivity index is 2.69. The summed E-state index contributed by atoms with van der Waals surface area (Å²) < 4.78 is 36.6. The van der Waals surface area contributed by atoms with E-state index in [-0.39, 0.29) is 6.54 Å². The van der Waals surface area contributed by atoms with Crippen molar-refractivity contribution >= 4 is 21.7 Å². The van der Waals surface area contributed by atoms with E-state index in [4.69, 9.17) is 0 Å². The Bertz CT molecular complexity index is 347. The summed E-state index contributed by atoms with van der Waals surface area (Å²) in [6, 6.07) is 1.59. The van der Waals surface area contributed by atoms with Gasteiger partial charge in [0, 0.05) is 19.7 Å². The van der Waals surface area contributed by atoms with Crippen molar-refractivity contribution in [2.45, 2.75) is 19.5 Å². The van der Waals surface area contributed by atoms with Gasteiger partial charge in [0.05, 0.1) is 6.42 Å². The lowest BCUT2D eigenvalue weighted by Crippen LogP contribution is -2.25. The van der Waals surface area contributed by atoms with Crippen molar-refractivity contribution in [2.24, 2.45) is 0 Å². The number of aryl methyl sites for hydroxylation is 1. The molecule has 0 N–H and O–H groups in total. The normalized spacial score (nSPS) is 11.6. The molecule has 0 amide bonds. The average Bonchev–Trinajstić information content (AvgIpc) is 2.11. The van der Waals surface area contributed by atoms with Crippen molar-refractivity contribution in [3.63, 3.8) is 0 Å². The van der Waals surface area contributed by atoms with Gasteiger partial charge in [-0.2, -0.15) is 13.2 Å². The Morgan fingerprint density at radius 3 is 2.50 bits per heavy atom. The number of anilines is 1. The SMILES string of the molecule is Cc1nc(Br)cc(N(C)CCC(F)(F)F)n1. The van der Waals surface area contributed by atoms with E-state index in [1.165, 1.54) is 4.90 Å². The van der Waals surface area contributed by atoms with Crippen molar-refractivity contribution in [3.05, 3.63) is 16.5 Å². The Morgan fingerprint density at radius 2 is 2.00 bits per heavy atom. The zero-order valence-electron chi connectivity index (χ0n) is 8.85. The molecule has 1 aromatic heterocycles. The van der Waals surface area contributed by atoms with Gasteiger partial charge in [0.15, 0.2) is 0 Å². The van der Waals surface area contributed by atoms with Gasteiger partial charge in [-0.1, -0.05) is 0 Å². The number of halogens is 4. The molecule has 0 unspecified atom stereocenters. The molecule has 0 aliphatic carbocycles. The summed E-state index contributed by atoms with van der Waals surface area (Å²) in [6.07, 6.45) is -5.00. The predicted molar refractivity (Wildman–Crippen MR) is 58.4 cm³/mol. The van der Waals surface area contributed by atoms with E-state index >= 15 is 0 Å². The van der Waals surface area contributed by atoms with Gasteiger partial charge in [-0.05, 0) is 22.9 Å². The van der Waals surface area contributed by atoms with Crippen molar-refractivity contribution in [1.29, 1.82) is 0 Å². The number of aromatic nitrogens is 2.